The minimum atomic E-state index is 0.713. The zero-order valence-electron chi connectivity index (χ0n) is 14.9. The Hall–Kier alpha value is -3.43. The van der Waals surface area contributed by atoms with E-state index in [1.165, 1.54) is 0 Å². The average molecular weight is 382 g/mol. The van der Waals surface area contributed by atoms with Gasteiger partial charge in [0.1, 0.15) is 5.82 Å². The molecule has 134 valence electrons. The van der Waals surface area contributed by atoms with Crippen LogP contribution in [0.25, 0.3) is 44.8 Å². The van der Waals surface area contributed by atoms with Gasteiger partial charge in [0.15, 0.2) is 0 Å². The van der Waals surface area contributed by atoms with Crippen molar-refractivity contribution in [3.05, 3.63) is 96.1 Å². The van der Waals surface area contributed by atoms with E-state index in [0.717, 1.165) is 44.8 Å². The lowest BCUT2D eigenvalue weighted by molar-refractivity contribution is 1.31. The molecule has 0 saturated carbocycles. The summed E-state index contributed by atoms with van der Waals surface area (Å²) in [6.45, 7) is 0. The fraction of sp³-hybridized carbons (Fsp3) is 0. The topological polar surface area (TPSA) is 41.6 Å². The molecule has 0 atom stereocenters. The summed E-state index contributed by atoms with van der Waals surface area (Å²) in [6, 6.07) is 28.2. The Labute approximate surface area is 167 Å². The number of hydrogen-bond acceptors (Lipinski definition) is 2. The second-order valence-corrected chi connectivity index (χ2v) is 7.03. The number of aromatic nitrogens is 3. The summed E-state index contributed by atoms with van der Waals surface area (Å²) >= 11 is 6.08. The molecule has 28 heavy (non-hydrogen) atoms. The van der Waals surface area contributed by atoms with E-state index in [4.69, 9.17) is 16.6 Å². The van der Waals surface area contributed by atoms with Gasteiger partial charge in [-0.15, -0.1) is 0 Å². The van der Waals surface area contributed by atoms with Crippen molar-refractivity contribution in [2.75, 3.05) is 0 Å². The zero-order chi connectivity index (χ0) is 18.9. The first-order valence-electron chi connectivity index (χ1n) is 9.04. The van der Waals surface area contributed by atoms with Crippen molar-refractivity contribution in [3.63, 3.8) is 0 Å². The van der Waals surface area contributed by atoms with Gasteiger partial charge in [0.2, 0.25) is 0 Å². The number of halogens is 1. The average Bonchev–Trinajstić information content (AvgIpc) is 3.20. The molecule has 5 aromatic rings. The Morgan fingerprint density at radius 1 is 0.714 bits per heavy atom. The third-order valence-corrected chi connectivity index (χ3v) is 5.02. The first kappa shape index (κ1) is 16.7. The van der Waals surface area contributed by atoms with Crippen molar-refractivity contribution in [3.8, 4) is 33.9 Å². The number of fused-ring (bicyclic) bond motifs is 1. The number of nitrogens with one attached hydrogen (secondary N) is 1. The zero-order valence-corrected chi connectivity index (χ0v) is 15.7. The normalized spacial score (nSPS) is 11.0. The molecule has 3 nitrogen and oxygen atoms in total. The number of aromatic amines is 1. The standard InChI is InChI=1S/C24H16ClN3/c25-20-12-10-18(11-13-20)23-22(17-5-2-1-3-6-17)27-24(28-23)19-9-8-16-7-4-14-26-21(16)15-19/h1-15H,(H,27,28). The van der Waals surface area contributed by atoms with Crippen molar-refractivity contribution < 1.29 is 0 Å². The molecule has 0 amide bonds. The second kappa shape index (κ2) is 6.95. The van der Waals surface area contributed by atoms with Gasteiger partial charge < -0.3 is 4.98 Å². The highest BCUT2D eigenvalue weighted by Crippen LogP contribution is 2.34. The van der Waals surface area contributed by atoms with Crippen molar-refractivity contribution in [2.45, 2.75) is 0 Å². The van der Waals surface area contributed by atoms with Crippen LogP contribution in [0, 0.1) is 0 Å². The predicted octanol–water partition coefficient (Wildman–Crippen LogP) is 6.61. The van der Waals surface area contributed by atoms with Crippen LogP contribution in [0.15, 0.2) is 91.1 Å². The van der Waals surface area contributed by atoms with Crippen LogP contribution in [-0.2, 0) is 0 Å². The number of H-pyrrole nitrogens is 1. The first-order chi connectivity index (χ1) is 13.8. The number of nitrogens with zero attached hydrogens (tertiary/aromatic N) is 2. The Bertz CT molecular complexity index is 1260. The Morgan fingerprint density at radius 2 is 1.50 bits per heavy atom. The summed E-state index contributed by atoms with van der Waals surface area (Å²) in [7, 11) is 0. The molecule has 0 aliphatic heterocycles. The largest absolute Gasteiger partial charge is 0.337 e. The minimum Gasteiger partial charge on any atom is -0.337 e. The van der Waals surface area contributed by atoms with Crippen LogP contribution in [0.2, 0.25) is 5.02 Å². The molecule has 0 spiro atoms. The van der Waals surface area contributed by atoms with E-state index in [1.807, 2.05) is 54.7 Å². The fourth-order valence-corrected chi connectivity index (χ4v) is 3.48. The second-order valence-electron chi connectivity index (χ2n) is 6.59. The number of imidazole rings is 1. The number of rotatable bonds is 3. The smallest absolute Gasteiger partial charge is 0.138 e. The van der Waals surface area contributed by atoms with Gasteiger partial charge in [0, 0.05) is 33.3 Å². The number of benzene rings is 3. The molecule has 0 aliphatic carbocycles. The van der Waals surface area contributed by atoms with Crippen LogP contribution in [-0.4, -0.2) is 15.0 Å². The number of pyridine rings is 1. The van der Waals surface area contributed by atoms with E-state index in [9.17, 15) is 0 Å². The van der Waals surface area contributed by atoms with Crippen LogP contribution in [0.4, 0.5) is 0 Å². The molecule has 0 unspecified atom stereocenters. The molecular weight excluding hydrogens is 366 g/mol. The van der Waals surface area contributed by atoms with Crippen molar-refractivity contribution in [2.24, 2.45) is 0 Å². The fourth-order valence-electron chi connectivity index (χ4n) is 3.35. The molecule has 0 bridgehead atoms. The summed E-state index contributed by atoms with van der Waals surface area (Å²) in [5, 5.41) is 1.82. The summed E-state index contributed by atoms with van der Waals surface area (Å²) in [4.78, 5) is 12.9. The van der Waals surface area contributed by atoms with Gasteiger partial charge in [-0.3, -0.25) is 4.98 Å². The lowest BCUT2D eigenvalue weighted by Crippen LogP contribution is -1.83. The molecular formula is C24H16ClN3. The monoisotopic (exact) mass is 381 g/mol. The third kappa shape index (κ3) is 3.06. The van der Waals surface area contributed by atoms with Gasteiger partial charge in [0.25, 0.3) is 0 Å². The molecule has 1 N–H and O–H groups in total. The van der Waals surface area contributed by atoms with E-state index in [-0.39, 0.29) is 0 Å². The lowest BCUT2D eigenvalue weighted by Gasteiger charge is -2.03. The van der Waals surface area contributed by atoms with Crippen LogP contribution in [0.1, 0.15) is 0 Å². The van der Waals surface area contributed by atoms with Gasteiger partial charge in [-0.1, -0.05) is 72.3 Å². The van der Waals surface area contributed by atoms with Crippen LogP contribution in [0.3, 0.4) is 0 Å². The van der Waals surface area contributed by atoms with Gasteiger partial charge in [-0.2, -0.15) is 0 Å². The Kier molecular flexibility index (Phi) is 4.15. The van der Waals surface area contributed by atoms with Crippen molar-refractivity contribution in [1.82, 2.24) is 15.0 Å². The molecule has 0 aliphatic rings. The highest BCUT2D eigenvalue weighted by atomic mass is 35.5. The van der Waals surface area contributed by atoms with E-state index in [0.29, 0.717) is 5.02 Å². The number of hydrogen-bond donors (Lipinski definition) is 1. The minimum absolute atomic E-state index is 0.713. The van der Waals surface area contributed by atoms with Gasteiger partial charge >= 0.3 is 0 Å². The summed E-state index contributed by atoms with van der Waals surface area (Å²) < 4.78 is 0. The SMILES string of the molecule is Clc1ccc(-c2[nH]c(-c3ccc4cccnc4c3)nc2-c2ccccc2)cc1. The quantitative estimate of drug-likeness (QED) is 0.382. The van der Waals surface area contributed by atoms with Gasteiger partial charge in [-0.05, 0) is 24.3 Å². The van der Waals surface area contributed by atoms with Gasteiger partial charge in [0.05, 0.1) is 16.9 Å². The summed E-state index contributed by atoms with van der Waals surface area (Å²) in [5.41, 5.74) is 5.95. The van der Waals surface area contributed by atoms with E-state index >= 15 is 0 Å². The van der Waals surface area contributed by atoms with Crippen molar-refractivity contribution >= 4 is 22.5 Å². The molecule has 4 heteroatoms. The van der Waals surface area contributed by atoms with Crippen molar-refractivity contribution in [1.29, 1.82) is 0 Å². The first-order valence-corrected chi connectivity index (χ1v) is 9.42. The maximum atomic E-state index is 6.08. The maximum Gasteiger partial charge on any atom is 0.138 e. The molecule has 2 aromatic heterocycles. The van der Waals surface area contributed by atoms with Crippen LogP contribution >= 0.6 is 11.6 Å². The van der Waals surface area contributed by atoms with Gasteiger partial charge in [-0.25, -0.2) is 4.98 Å². The van der Waals surface area contributed by atoms with E-state index < -0.39 is 0 Å². The summed E-state index contributed by atoms with van der Waals surface area (Å²) in [5.74, 6) is 0.816. The Balaban J connectivity index is 1.69. The lowest BCUT2D eigenvalue weighted by atomic mass is 10.1. The molecule has 2 heterocycles. The Morgan fingerprint density at radius 3 is 2.32 bits per heavy atom. The molecule has 3 aromatic carbocycles. The van der Waals surface area contributed by atoms with E-state index in [1.54, 1.807) is 0 Å². The van der Waals surface area contributed by atoms with E-state index in [2.05, 4.69) is 46.4 Å². The predicted molar refractivity (Wildman–Crippen MR) is 115 cm³/mol. The molecule has 0 radical (unpaired) electrons. The van der Waals surface area contributed by atoms with Crippen LogP contribution < -0.4 is 0 Å². The highest BCUT2D eigenvalue weighted by molar-refractivity contribution is 6.30. The summed E-state index contributed by atoms with van der Waals surface area (Å²) in [6.07, 6.45) is 1.81. The third-order valence-electron chi connectivity index (χ3n) is 4.76. The molecule has 5 rings (SSSR count). The molecule has 0 saturated heterocycles. The highest BCUT2D eigenvalue weighted by Gasteiger charge is 2.15. The van der Waals surface area contributed by atoms with Crippen LogP contribution in [0.5, 0.6) is 0 Å². The molecule has 0 fully saturated rings. The maximum absolute atomic E-state index is 6.08.